The van der Waals surface area contributed by atoms with Gasteiger partial charge in [0.05, 0.1) is 4.90 Å². The van der Waals surface area contributed by atoms with Gasteiger partial charge in [0.1, 0.15) is 11.8 Å². The van der Waals surface area contributed by atoms with E-state index >= 15 is 0 Å². The Kier molecular flexibility index (Phi) is 2.68. The van der Waals surface area contributed by atoms with Gasteiger partial charge in [-0.1, -0.05) is 6.58 Å². The van der Waals surface area contributed by atoms with Crippen LogP contribution in [0.5, 0.6) is 0 Å². The van der Waals surface area contributed by atoms with E-state index in [1.165, 1.54) is 12.1 Å². The van der Waals surface area contributed by atoms with Crippen molar-refractivity contribution in [1.82, 2.24) is 4.98 Å². The van der Waals surface area contributed by atoms with Crippen LogP contribution in [0.1, 0.15) is 11.4 Å². The molecule has 0 aliphatic carbocycles. The van der Waals surface area contributed by atoms with E-state index in [0.29, 0.717) is 5.69 Å². The van der Waals surface area contributed by atoms with Crippen LogP contribution in [0.2, 0.25) is 0 Å². The lowest BCUT2D eigenvalue weighted by molar-refractivity contribution is 0.604. The lowest BCUT2D eigenvalue weighted by Crippen LogP contribution is -1.99. The van der Waals surface area contributed by atoms with Crippen molar-refractivity contribution in [3.8, 4) is 6.07 Å². The van der Waals surface area contributed by atoms with Gasteiger partial charge in [0.15, 0.2) is 9.84 Å². The van der Waals surface area contributed by atoms with Crippen molar-refractivity contribution in [3.63, 3.8) is 0 Å². The van der Waals surface area contributed by atoms with E-state index in [-0.39, 0.29) is 10.6 Å². The molecule has 0 radical (unpaired) electrons. The van der Waals surface area contributed by atoms with Crippen molar-refractivity contribution in [2.75, 3.05) is 0 Å². The summed E-state index contributed by atoms with van der Waals surface area (Å²) in [6.45, 7) is 4.83. The number of aryl methyl sites for hydroxylation is 1. The quantitative estimate of drug-likeness (QED) is 0.731. The first kappa shape index (κ1) is 10.4. The Bertz CT molecular complexity index is 512. The molecule has 0 N–H and O–H groups in total. The maximum atomic E-state index is 11.4. The Hall–Kier alpha value is -1.67. The van der Waals surface area contributed by atoms with Crippen molar-refractivity contribution in [3.05, 3.63) is 35.5 Å². The molecule has 0 bridgehead atoms. The van der Waals surface area contributed by atoms with Crippen molar-refractivity contribution in [2.45, 2.75) is 11.8 Å². The van der Waals surface area contributed by atoms with E-state index in [2.05, 4.69) is 11.6 Å². The largest absolute Gasteiger partial charge is 0.242 e. The van der Waals surface area contributed by atoms with Gasteiger partial charge in [-0.3, -0.25) is 0 Å². The number of hydrogen-bond donors (Lipinski definition) is 0. The molecule has 0 unspecified atom stereocenters. The third-order valence-electron chi connectivity index (χ3n) is 1.59. The van der Waals surface area contributed by atoms with Gasteiger partial charge in [0, 0.05) is 11.1 Å². The molecule has 0 fully saturated rings. The summed E-state index contributed by atoms with van der Waals surface area (Å²) in [6, 6.07) is 4.42. The van der Waals surface area contributed by atoms with Crippen molar-refractivity contribution in [2.24, 2.45) is 0 Å². The van der Waals surface area contributed by atoms with Crippen LogP contribution in [0, 0.1) is 18.3 Å². The molecule has 1 aromatic rings. The summed E-state index contributed by atoms with van der Waals surface area (Å²) in [5.74, 6) is 0. The van der Waals surface area contributed by atoms with Crippen LogP contribution in [0.25, 0.3) is 0 Å². The SMILES string of the molecule is C=CS(=O)(=O)c1cc(C)nc(C#N)c1. The van der Waals surface area contributed by atoms with Crippen LogP contribution in [0.4, 0.5) is 0 Å². The number of sulfone groups is 1. The fourth-order valence-corrected chi connectivity index (χ4v) is 1.76. The standard InChI is InChI=1S/C9H8N2O2S/c1-3-14(12,13)9-4-7(2)11-8(5-9)6-10/h3-5H,1H2,2H3. The number of hydrogen-bond acceptors (Lipinski definition) is 4. The van der Waals surface area contributed by atoms with Gasteiger partial charge >= 0.3 is 0 Å². The predicted molar refractivity (Wildman–Crippen MR) is 51.1 cm³/mol. The minimum atomic E-state index is -3.48. The highest BCUT2D eigenvalue weighted by molar-refractivity contribution is 7.94. The Morgan fingerprint density at radius 2 is 2.21 bits per heavy atom. The number of rotatable bonds is 2. The molecule has 0 atom stereocenters. The molecule has 0 spiro atoms. The van der Waals surface area contributed by atoms with Gasteiger partial charge < -0.3 is 0 Å². The third kappa shape index (κ3) is 1.98. The zero-order valence-electron chi connectivity index (χ0n) is 7.56. The second-order valence-electron chi connectivity index (χ2n) is 2.65. The first-order chi connectivity index (χ1) is 6.49. The Morgan fingerprint density at radius 1 is 1.57 bits per heavy atom. The Labute approximate surface area is 82.4 Å². The zero-order valence-corrected chi connectivity index (χ0v) is 8.37. The van der Waals surface area contributed by atoms with E-state index in [1.54, 1.807) is 13.0 Å². The minimum absolute atomic E-state index is 0.0524. The maximum Gasteiger partial charge on any atom is 0.199 e. The fourth-order valence-electron chi connectivity index (χ4n) is 0.955. The van der Waals surface area contributed by atoms with E-state index < -0.39 is 9.84 Å². The molecule has 0 saturated carbocycles. The molecule has 5 heteroatoms. The summed E-state index contributed by atoms with van der Waals surface area (Å²) in [5.41, 5.74) is 0.579. The Balaban J connectivity index is 3.46. The first-order valence-corrected chi connectivity index (χ1v) is 5.30. The van der Waals surface area contributed by atoms with E-state index in [9.17, 15) is 8.42 Å². The lowest BCUT2D eigenvalue weighted by Gasteiger charge is -2.00. The van der Waals surface area contributed by atoms with Crippen LogP contribution in [0.3, 0.4) is 0 Å². The van der Waals surface area contributed by atoms with Gasteiger partial charge in [-0.2, -0.15) is 5.26 Å². The highest BCUT2D eigenvalue weighted by Crippen LogP contribution is 2.13. The van der Waals surface area contributed by atoms with Crippen molar-refractivity contribution in [1.29, 1.82) is 5.26 Å². The number of nitrogens with zero attached hydrogens (tertiary/aromatic N) is 2. The summed E-state index contributed by atoms with van der Waals surface area (Å²) in [7, 11) is -3.48. The van der Waals surface area contributed by atoms with E-state index in [0.717, 1.165) is 5.41 Å². The molecule has 0 aliphatic heterocycles. The van der Waals surface area contributed by atoms with Gasteiger partial charge in [0.2, 0.25) is 0 Å². The topological polar surface area (TPSA) is 70.8 Å². The van der Waals surface area contributed by atoms with Gasteiger partial charge in [0.25, 0.3) is 0 Å². The highest BCUT2D eigenvalue weighted by Gasteiger charge is 2.11. The van der Waals surface area contributed by atoms with Crippen molar-refractivity contribution < 1.29 is 8.42 Å². The molecule has 1 aromatic heterocycles. The van der Waals surface area contributed by atoms with Gasteiger partial charge in [-0.05, 0) is 19.1 Å². The molecular formula is C9H8N2O2S. The molecule has 0 aliphatic rings. The molecule has 1 heterocycles. The molecule has 1 rings (SSSR count). The number of nitriles is 1. The Morgan fingerprint density at radius 3 is 2.71 bits per heavy atom. The van der Waals surface area contributed by atoms with Gasteiger partial charge in [-0.25, -0.2) is 13.4 Å². The molecule has 0 aromatic carbocycles. The van der Waals surface area contributed by atoms with Crippen LogP contribution in [-0.2, 0) is 9.84 Å². The summed E-state index contributed by atoms with van der Waals surface area (Å²) < 4.78 is 22.7. The highest BCUT2D eigenvalue weighted by atomic mass is 32.2. The van der Waals surface area contributed by atoms with Crippen LogP contribution in [0.15, 0.2) is 29.0 Å². The van der Waals surface area contributed by atoms with Crippen molar-refractivity contribution >= 4 is 9.84 Å². The van der Waals surface area contributed by atoms with Crippen LogP contribution in [-0.4, -0.2) is 13.4 Å². The van der Waals surface area contributed by atoms with Gasteiger partial charge in [-0.15, -0.1) is 0 Å². The van der Waals surface area contributed by atoms with E-state index in [1.807, 2.05) is 0 Å². The lowest BCUT2D eigenvalue weighted by atomic mass is 10.3. The molecular weight excluding hydrogens is 200 g/mol. The molecule has 14 heavy (non-hydrogen) atoms. The maximum absolute atomic E-state index is 11.4. The summed E-state index contributed by atoms with van der Waals surface area (Å²) in [5, 5.41) is 9.44. The normalized spacial score (nSPS) is 10.6. The molecule has 72 valence electrons. The first-order valence-electron chi connectivity index (χ1n) is 3.76. The zero-order chi connectivity index (χ0) is 10.8. The minimum Gasteiger partial charge on any atom is -0.242 e. The number of pyridine rings is 1. The smallest absolute Gasteiger partial charge is 0.199 e. The third-order valence-corrected chi connectivity index (χ3v) is 2.92. The van der Waals surface area contributed by atoms with Crippen LogP contribution >= 0.6 is 0 Å². The predicted octanol–water partition coefficient (Wildman–Crippen LogP) is 1.18. The second-order valence-corrected chi connectivity index (χ2v) is 4.55. The average Bonchev–Trinajstić information content (AvgIpc) is 2.16. The summed E-state index contributed by atoms with van der Waals surface area (Å²) in [6.07, 6.45) is 0. The fraction of sp³-hybridized carbons (Fsp3) is 0.111. The number of aromatic nitrogens is 1. The summed E-state index contributed by atoms with van der Waals surface area (Å²) >= 11 is 0. The second kappa shape index (κ2) is 3.60. The average molecular weight is 208 g/mol. The summed E-state index contributed by atoms with van der Waals surface area (Å²) in [4.78, 5) is 3.89. The molecule has 0 amide bonds. The van der Waals surface area contributed by atoms with Crippen LogP contribution < -0.4 is 0 Å². The molecule has 4 nitrogen and oxygen atoms in total. The molecule has 0 saturated heterocycles. The monoisotopic (exact) mass is 208 g/mol. The van der Waals surface area contributed by atoms with E-state index in [4.69, 9.17) is 5.26 Å².